The average molecular weight is 524 g/mol. The van der Waals surface area contributed by atoms with Crippen LogP contribution in [0.5, 0.6) is 5.75 Å². The summed E-state index contributed by atoms with van der Waals surface area (Å²) in [6.45, 7) is 1.98. The number of nitrogens with zero attached hydrogens (tertiary/aromatic N) is 4. The number of benzene rings is 1. The molecule has 4 rings (SSSR count). The van der Waals surface area contributed by atoms with Crippen molar-refractivity contribution in [3.63, 3.8) is 0 Å². The Labute approximate surface area is 222 Å². The normalized spacial score (nSPS) is 21.7. The van der Waals surface area contributed by atoms with Crippen LogP contribution in [0.25, 0.3) is 22.4 Å². The maximum Gasteiger partial charge on any atom is 0.277 e. The Bertz CT molecular complexity index is 1670. The first-order chi connectivity index (χ1) is 19.8. The van der Waals surface area contributed by atoms with E-state index in [1.54, 1.807) is 11.9 Å². The number of likely N-dealkylation sites (tertiary alicyclic amines) is 1. The number of fused-ring (bicyclic) bond motifs is 1. The van der Waals surface area contributed by atoms with Gasteiger partial charge < -0.3 is 14.6 Å². The third kappa shape index (κ3) is 5.47. The Morgan fingerprint density at radius 3 is 2.81 bits per heavy atom. The van der Waals surface area contributed by atoms with E-state index in [0.717, 1.165) is 18.0 Å². The van der Waals surface area contributed by atoms with Crippen molar-refractivity contribution in [3.8, 4) is 17.1 Å². The third-order valence-electron chi connectivity index (χ3n) is 5.92. The first-order valence-electron chi connectivity index (χ1n) is 15.3. The van der Waals surface area contributed by atoms with Gasteiger partial charge in [-0.25, -0.2) is 18.1 Å². The lowest BCUT2D eigenvalue weighted by molar-refractivity contribution is 0.297. The molecule has 10 nitrogen and oxygen atoms in total. The van der Waals surface area contributed by atoms with Crippen molar-refractivity contribution in [1.82, 2.24) is 29.4 Å². The number of H-pyrrole nitrogens is 1. The molecule has 0 amide bonds. The highest BCUT2D eigenvalue weighted by atomic mass is 32.2. The first kappa shape index (κ1) is 18.5. The van der Waals surface area contributed by atoms with Gasteiger partial charge in [0.1, 0.15) is 17.1 Å². The molecule has 36 heavy (non-hydrogen) atoms. The molecular weight excluding hydrogens is 480 g/mol. The molecule has 0 aliphatic carbocycles. The zero-order chi connectivity index (χ0) is 32.1. The van der Waals surface area contributed by atoms with E-state index in [4.69, 9.17) is 14.3 Å². The zero-order valence-electron chi connectivity index (χ0n) is 27.8. The quantitative estimate of drug-likeness (QED) is 0.396. The molecule has 3 heterocycles. The second kappa shape index (κ2) is 11.1. The van der Waals surface area contributed by atoms with Crippen LogP contribution in [-0.2, 0) is 23.4 Å². The average Bonchev–Trinajstić information content (AvgIpc) is 3.50. The Morgan fingerprint density at radius 2 is 2.11 bits per heavy atom. The highest BCUT2D eigenvalue weighted by molar-refractivity contribution is 7.89. The molecule has 0 spiro atoms. The summed E-state index contributed by atoms with van der Waals surface area (Å²) in [5.41, 5.74) is -1.40. The molecule has 3 aromatic rings. The standard InChI is InChI=1S/C25H36N6O4S/c1-5-8-20-22-23(31(4)29-20)25(32)28-24(27-22)19-16-18(10-11-21(19)35-15-6-2)36(33,34)26-13-12-17-9-7-14-30(17)3/h10-11,16-17,26H,5-9,12-15H2,1-4H3,(H,27,28,32)/i5D2,8D2,12D2,13D. The van der Waals surface area contributed by atoms with Gasteiger partial charge in [0.2, 0.25) is 10.0 Å². The second-order valence-electron chi connectivity index (χ2n) is 8.54. The fourth-order valence-electron chi connectivity index (χ4n) is 4.11. The van der Waals surface area contributed by atoms with Gasteiger partial charge in [-0.3, -0.25) is 9.48 Å². The summed E-state index contributed by atoms with van der Waals surface area (Å²) in [5, 5.41) is 4.07. The highest BCUT2D eigenvalue weighted by Crippen LogP contribution is 2.31. The topological polar surface area (TPSA) is 122 Å². The van der Waals surface area contributed by atoms with E-state index in [2.05, 4.69) is 19.8 Å². The van der Waals surface area contributed by atoms with Gasteiger partial charge in [-0.15, -0.1) is 0 Å². The molecule has 196 valence electrons. The number of rotatable bonds is 11. The minimum atomic E-state index is -4.45. The van der Waals surface area contributed by atoms with Gasteiger partial charge in [0, 0.05) is 29.2 Å². The summed E-state index contributed by atoms with van der Waals surface area (Å²) in [6.07, 6.45) is -5.39. The Balaban J connectivity index is 1.83. The predicted octanol–water partition coefficient (Wildman–Crippen LogP) is 2.83. The molecule has 0 saturated carbocycles. The number of ether oxygens (including phenoxy) is 1. The summed E-state index contributed by atoms with van der Waals surface area (Å²) >= 11 is 0. The Hall–Kier alpha value is -2.76. The summed E-state index contributed by atoms with van der Waals surface area (Å²) < 4.78 is 94.0. The maximum absolute atomic E-state index is 13.4. The lowest BCUT2D eigenvalue weighted by Crippen LogP contribution is -2.31. The molecule has 1 aromatic carbocycles. The summed E-state index contributed by atoms with van der Waals surface area (Å²) in [4.78, 5) is 21.6. The molecule has 1 aliphatic rings. The number of hydrogen-bond donors (Lipinski definition) is 2. The number of aryl methyl sites for hydroxylation is 2. The number of aromatic nitrogens is 4. The fraction of sp³-hybridized carbons (Fsp3) is 0.560. The van der Waals surface area contributed by atoms with Crippen molar-refractivity contribution in [2.24, 2.45) is 7.05 Å². The molecule has 2 aromatic heterocycles. The molecule has 1 saturated heterocycles. The summed E-state index contributed by atoms with van der Waals surface area (Å²) in [7, 11) is -1.32. The summed E-state index contributed by atoms with van der Waals surface area (Å²) in [5.74, 6) is -0.0133. The molecule has 2 atom stereocenters. The number of hydrogen-bond acceptors (Lipinski definition) is 7. The minimum Gasteiger partial charge on any atom is -0.493 e. The van der Waals surface area contributed by atoms with E-state index in [1.807, 2.05) is 6.92 Å². The smallest absolute Gasteiger partial charge is 0.277 e. The van der Waals surface area contributed by atoms with Crippen LogP contribution in [0.15, 0.2) is 27.9 Å². The van der Waals surface area contributed by atoms with Crippen LogP contribution >= 0.6 is 0 Å². The van der Waals surface area contributed by atoms with Crippen LogP contribution in [0.4, 0.5) is 0 Å². The van der Waals surface area contributed by atoms with Crippen molar-refractivity contribution >= 4 is 21.1 Å². The minimum absolute atomic E-state index is 0.0327. The number of sulfonamides is 1. The largest absolute Gasteiger partial charge is 0.493 e. The molecule has 1 fully saturated rings. The monoisotopic (exact) mass is 523 g/mol. The van der Waals surface area contributed by atoms with Gasteiger partial charge in [0.15, 0.2) is 5.52 Å². The van der Waals surface area contributed by atoms with Gasteiger partial charge in [0.05, 0.1) is 22.8 Å². The van der Waals surface area contributed by atoms with E-state index in [9.17, 15) is 13.2 Å². The molecular formula is C25H36N6O4S. The molecule has 0 radical (unpaired) electrons. The molecule has 1 aliphatic heterocycles. The molecule has 2 N–H and O–H groups in total. The molecule has 11 heteroatoms. The van der Waals surface area contributed by atoms with Crippen molar-refractivity contribution in [2.45, 2.75) is 63.2 Å². The lowest BCUT2D eigenvalue weighted by atomic mass is 10.1. The first-order valence-corrected chi connectivity index (χ1v) is 13.2. The van der Waals surface area contributed by atoms with Crippen LogP contribution in [0.1, 0.15) is 61.1 Å². The Morgan fingerprint density at radius 1 is 1.31 bits per heavy atom. The van der Waals surface area contributed by atoms with E-state index >= 15 is 0 Å². The van der Waals surface area contributed by atoms with E-state index in [-0.39, 0.29) is 39.7 Å². The van der Waals surface area contributed by atoms with Gasteiger partial charge in [-0.05, 0) is 63.8 Å². The van der Waals surface area contributed by atoms with Crippen LogP contribution in [0.2, 0.25) is 0 Å². The van der Waals surface area contributed by atoms with Gasteiger partial charge in [-0.1, -0.05) is 20.2 Å². The van der Waals surface area contributed by atoms with Crippen LogP contribution < -0.4 is 15.0 Å². The van der Waals surface area contributed by atoms with Gasteiger partial charge in [-0.2, -0.15) is 5.10 Å². The lowest BCUT2D eigenvalue weighted by Gasteiger charge is -2.19. The predicted molar refractivity (Wildman–Crippen MR) is 140 cm³/mol. The van der Waals surface area contributed by atoms with Gasteiger partial charge >= 0.3 is 0 Å². The van der Waals surface area contributed by atoms with Gasteiger partial charge in [0.25, 0.3) is 5.56 Å². The zero-order valence-corrected chi connectivity index (χ0v) is 21.6. The van der Waals surface area contributed by atoms with Crippen molar-refractivity contribution in [2.75, 3.05) is 26.7 Å². The van der Waals surface area contributed by atoms with Crippen molar-refractivity contribution < 1.29 is 22.7 Å². The second-order valence-corrected chi connectivity index (χ2v) is 10.3. The molecule has 0 bridgehead atoms. The van der Waals surface area contributed by atoms with Crippen LogP contribution in [0.3, 0.4) is 0 Å². The van der Waals surface area contributed by atoms with Crippen LogP contribution in [-0.4, -0.2) is 65.8 Å². The highest BCUT2D eigenvalue weighted by Gasteiger charge is 2.23. The number of nitrogens with one attached hydrogen (secondary N) is 2. The SMILES string of the molecule is [2H]C(NS(=O)(=O)c1ccc(OCCC)c(-c2nc3c(C([2H])([2H])C([2H])([2H])C)nn(C)c3c(=O)[nH]2)c1)C([2H])([2H])C1CCCN1C. The molecule has 2 unspecified atom stereocenters. The van der Waals surface area contributed by atoms with E-state index in [0.29, 0.717) is 19.4 Å². The fourth-order valence-corrected chi connectivity index (χ4v) is 4.99. The number of aromatic amines is 1. The summed E-state index contributed by atoms with van der Waals surface area (Å²) in [6, 6.07) is 3.13. The Kier molecular flexibility index (Phi) is 5.70. The maximum atomic E-state index is 13.4. The third-order valence-corrected chi connectivity index (χ3v) is 7.23. The van der Waals surface area contributed by atoms with Crippen molar-refractivity contribution in [1.29, 1.82) is 0 Å². The van der Waals surface area contributed by atoms with Crippen molar-refractivity contribution in [3.05, 3.63) is 34.2 Å². The van der Waals surface area contributed by atoms with Crippen LogP contribution in [0, 0.1) is 0 Å². The van der Waals surface area contributed by atoms with E-state index < -0.39 is 53.0 Å². The van der Waals surface area contributed by atoms with E-state index in [1.165, 1.54) is 25.2 Å².